The lowest BCUT2D eigenvalue weighted by Crippen LogP contribution is -2.49. The Balaban J connectivity index is 1.45. The number of anilines is 1. The van der Waals surface area contributed by atoms with E-state index in [1.54, 1.807) is 24.8 Å². The minimum atomic E-state index is -0.0448. The number of amides is 1. The van der Waals surface area contributed by atoms with Crippen LogP contribution in [0.25, 0.3) is 22.5 Å². The van der Waals surface area contributed by atoms with Crippen LogP contribution in [-0.4, -0.2) is 56.9 Å². The first-order valence-corrected chi connectivity index (χ1v) is 12.4. The van der Waals surface area contributed by atoms with Gasteiger partial charge < -0.3 is 9.80 Å². The van der Waals surface area contributed by atoms with Crippen molar-refractivity contribution in [3.8, 4) is 22.5 Å². The zero-order chi connectivity index (χ0) is 25.2. The lowest BCUT2D eigenvalue weighted by Gasteiger charge is -2.35. The van der Waals surface area contributed by atoms with E-state index in [1.165, 1.54) is 0 Å². The summed E-state index contributed by atoms with van der Waals surface area (Å²) in [4.78, 5) is 35.2. The molecule has 0 bridgehead atoms. The number of hydrogen-bond acceptors (Lipinski definition) is 6. The second kappa shape index (κ2) is 10.2. The number of piperazine rings is 1. The highest BCUT2D eigenvalue weighted by molar-refractivity contribution is 6.33. The van der Waals surface area contributed by atoms with Crippen LogP contribution in [0.15, 0.2) is 61.2 Å². The molecule has 1 amide bonds. The number of hydrogen-bond donors (Lipinski definition) is 0. The lowest BCUT2D eigenvalue weighted by atomic mass is 10.0. The molecule has 1 saturated heterocycles. The van der Waals surface area contributed by atoms with Gasteiger partial charge in [-0.2, -0.15) is 0 Å². The average molecular weight is 519 g/mol. The van der Waals surface area contributed by atoms with Crippen molar-refractivity contribution >= 4 is 34.9 Å². The Bertz CT molecular complexity index is 1440. The molecule has 182 valence electrons. The molecular formula is C27H24Cl2N6O. The molecule has 0 unspecified atom stereocenters. The quantitative estimate of drug-likeness (QED) is 0.355. The number of aryl methyl sites for hydroxylation is 2. The van der Waals surface area contributed by atoms with Crippen LogP contribution in [0, 0.1) is 13.8 Å². The highest BCUT2D eigenvalue weighted by Gasteiger charge is 2.26. The summed E-state index contributed by atoms with van der Waals surface area (Å²) in [5.74, 6) is 0.686. The van der Waals surface area contributed by atoms with Gasteiger partial charge in [0.25, 0.3) is 5.91 Å². The number of pyridine rings is 2. The standard InChI is InChI=1S/C27H24Cl2N6O/c1-17-4-3-8-31-24(17)27(36)35-12-10-34(11-13-35)23-16-32-25(20-6-5-19(28)14-18(20)2)26(33-23)21-7-9-30-15-22(21)29/h3-9,14-16H,10-13H2,1-2H3. The van der Waals surface area contributed by atoms with Crippen molar-refractivity contribution in [2.24, 2.45) is 0 Å². The van der Waals surface area contributed by atoms with Crippen molar-refractivity contribution in [3.05, 3.63) is 88.1 Å². The van der Waals surface area contributed by atoms with E-state index in [1.807, 2.05) is 55.1 Å². The number of carbonyl (C=O) groups is 1. The summed E-state index contributed by atoms with van der Waals surface area (Å²) in [6.45, 7) is 6.31. The van der Waals surface area contributed by atoms with Gasteiger partial charge in [0.15, 0.2) is 0 Å². The van der Waals surface area contributed by atoms with Crippen LogP contribution in [0.4, 0.5) is 5.82 Å². The smallest absolute Gasteiger partial charge is 0.272 e. The zero-order valence-electron chi connectivity index (χ0n) is 19.9. The molecule has 0 atom stereocenters. The maximum absolute atomic E-state index is 13.0. The fourth-order valence-electron chi connectivity index (χ4n) is 4.38. The molecule has 1 aliphatic rings. The van der Waals surface area contributed by atoms with Gasteiger partial charge >= 0.3 is 0 Å². The van der Waals surface area contributed by atoms with Crippen molar-refractivity contribution in [2.75, 3.05) is 31.1 Å². The Kier molecular flexibility index (Phi) is 6.85. The lowest BCUT2D eigenvalue weighted by molar-refractivity contribution is 0.0740. The minimum Gasteiger partial charge on any atom is -0.352 e. The van der Waals surface area contributed by atoms with Gasteiger partial charge in [0.2, 0.25) is 0 Å². The van der Waals surface area contributed by atoms with Gasteiger partial charge in [0, 0.05) is 60.9 Å². The van der Waals surface area contributed by atoms with Crippen molar-refractivity contribution in [1.29, 1.82) is 0 Å². The molecule has 1 aliphatic heterocycles. The first-order chi connectivity index (χ1) is 17.4. The van der Waals surface area contributed by atoms with Gasteiger partial charge in [-0.15, -0.1) is 0 Å². The zero-order valence-corrected chi connectivity index (χ0v) is 21.5. The van der Waals surface area contributed by atoms with Crippen LogP contribution in [0.5, 0.6) is 0 Å². The molecule has 3 aromatic heterocycles. The highest BCUT2D eigenvalue weighted by atomic mass is 35.5. The SMILES string of the molecule is Cc1cc(Cl)ccc1-c1ncc(N2CCN(C(=O)c3ncccc3C)CC2)nc1-c1ccncc1Cl. The molecule has 4 heterocycles. The monoisotopic (exact) mass is 518 g/mol. The van der Waals surface area contributed by atoms with Crippen molar-refractivity contribution in [3.63, 3.8) is 0 Å². The molecule has 4 aromatic rings. The van der Waals surface area contributed by atoms with Crippen molar-refractivity contribution in [2.45, 2.75) is 13.8 Å². The summed E-state index contributed by atoms with van der Waals surface area (Å²) in [5, 5.41) is 1.16. The molecule has 0 N–H and O–H groups in total. The number of carbonyl (C=O) groups excluding carboxylic acids is 1. The molecule has 0 aliphatic carbocycles. The Hall–Kier alpha value is -3.55. The summed E-state index contributed by atoms with van der Waals surface area (Å²) < 4.78 is 0. The second-order valence-corrected chi connectivity index (χ2v) is 9.53. The third-order valence-electron chi connectivity index (χ3n) is 6.33. The van der Waals surface area contributed by atoms with E-state index >= 15 is 0 Å². The number of aromatic nitrogens is 4. The van der Waals surface area contributed by atoms with Gasteiger partial charge in [0.05, 0.1) is 16.9 Å². The molecule has 0 radical (unpaired) electrons. The van der Waals surface area contributed by atoms with Crippen LogP contribution in [0.2, 0.25) is 10.0 Å². The second-order valence-electron chi connectivity index (χ2n) is 8.69. The largest absolute Gasteiger partial charge is 0.352 e. The van der Waals surface area contributed by atoms with E-state index < -0.39 is 0 Å². The Morgan fingerprint density at radius 3 is 2.39 bits per heavy atom. The molecule has 36 heavy (non-hydrogen) atoms. The van der Waals surface area contributed by atoms with E-state index in [2.05, 4.69) is 14.9 Å². The maximum Gasteiger partial charge on any atom is 0.272 e. The Morgan fingerprint density at radius 1 is 0.861 bits per heavy atom. The van der Waals surface area contributed by atoms with Crippen LogP contribution in [-0.2, 0) is 0 Å². The van der Waals surface area contributed by atoms with Gasteiger partial charge in [0.1, 0.15) is 17.2 Å². The fraction of sp³-hybridized carbons (Fsp3) is 0.222. The van der Waals surface area contributed by atoms with E-state index in [0.29, 0.717) is 47.6 Å². The normalized spacial score (nSPS) is 13.7. The van der Waals surface area contributed by atoms with E-state index in [-0.39, 0.29) is 5.91 Å². The number of rotatable bonds is 4. The fourth-order valence-corrected chi connectivity index (χ4v) is 4.81. The molecule has 0 saturated carbocycles. The molecule has 1 fully saturated rings. The summed E-state index contributed by atoms with van der Waals surface area (Å²) in [6.07, 6.45) is 6.73. The Labute approximate surface area is 219 Å². The number of halogens is 2. The summed E-state index contributed by atoms with van der Waals surface area (Å²) in [5.41, 5.74) is 5.46. The summed E-state index contributed by atoms with van der Waals surface area (Å²) >= 11 is 12.7. The predicted octanol–water partition coefficient (Wildman–Crippen LogP) is 5.49. The van der Waals surface area contributed by atoms with Gasteiger partial charge in [-0.05, 0) is 49.2 Å². The third-order valence-corrected chi connectivity index (χ3v) is 6.87. The van der Waals surface area contributed by atoms with Crippen LogP contribution in [0.3, 0.4) is 0 Å². The molecule has 0 spiro atoms. The topological polar surface area (TPSA) is 75.1 Å². The highest BCUT2D eigenvalue weighted by Crippen LogP contribution is 2.36. The maximum atomic E-state index is 13.0. The molecular weight excluding hydrogens is 495 g/mol. The van der Waals surface area contributed by atoms with Gasteiger partial charge in [-0.25, -0.2) is 4.98 Å². The van der Waals surface area contributed by atoms with Crippen LogP contribution < -0.4 is 4.90 Å². The molecule has 1 aromatic carbocycles. The summed E-state index contributed by atoms with van der Waals surface area (Å²) in [6, 6.07) is 11.3. The van der Waals surface area contributed by atoms with Crippen molar-refractivity contribution in [1.82, 2.24) is 24.8 Å². The molecule has 7 nitrogen and oxygen atoms in total. The third kappa shape index (κ3) is 4.76. The van der Waals surface area contributed by atoms with E-state index in [0.717, 1.165) is 33.8 Å². The number of benzene rings is 1. The van der Waals surface area contributed by atoms with E-state index in [4.69, 9.17) is 33.2 Å². The Morgan fingerprint density at radius 2 is 1.67 bits per heavy atom. The minimum absolute atomic E-state index is 0.0448. The molecule has 5 rings (SSSR count). The van der Waals surface area contributed by atoms with Gasteiger partial charge in [-0.1, -0.05) is 35.3 Å². The summed E-state index contributed by atoms with van der Waals surface area (Å²) in [7, 11) is 0. The van der Waals surface area contributed by atoms with Crippen molar-refractivity contribution < 1.29 is 4.79 Å². The first-order valence-electron chi connectivity index (χ1n) is 11.6. The first kappa shape index (κ1) is 24.2. The van der Waals surface area contributed by atoms with Crippen LogP contribution >= 0.6 is 23.2 Å². The predicted molar refractivity (Wildman–Crippen MR) is 143 cm³/mol. The number of nitrogens with zero attached hydrogens (tertiary/aromatic N) is 6. The average Bonchev–Trinajstić information content (AvgIpc) is 2.89. The molecule has 9 heteroatoms. The van der Waals surface area contributed by atoms with Gasteiger partial charge in [-0.3, -0.25) is 19.7 Å². The van der Waals surface area contributed by atoms with E-state index in [9.17, 15) is 4.79 Å². The van der Waals surface area contributed by atoms with Crippen LogP contribution in [0.1, 0.15) is 21.6 Å².